The molecule has 0 radical (unpaired) electrons. The topological polar surface area (TPSA) is 59.5 Å². The van der Waals surface area contributed by atoms with Crippen LogP contribution in [0.5, 0.6) is 0 Å². The van der Waals surface area contributed by atoms with Gasteiger partial charge < -0.3 is 15.1 Å². The lowest BCUT2D eigenvalue weighted by Gasteiger charge is -2.21. The molecule has 4 nitrogen and oxygen atoms in total. The lowest BCUT2D eigenvalue weighted by molar-refractivity contribution is -0.132. The Hall–Kier alpha value is -1.29. The molecular weight excluding hydrogens is 216 g/mol. The fraction of sp³-hybridized carbons (Fsp3) is 0.615. The molecule has 17 heavy (non-hydrogen) atoms. The highest BCUT2D eigenvalue weighted by Gasteiger charge is 2.18. The highest BCUT2D eigenvalue weighted by atomic mass is 16.3. The van der Waals surface area contributed by atoms with Gasteiger partial charge >= 0.3 is 0 Å². The van der Waals surface area contributed by atoms with Crippen molar-refractivity contribution in [3.05, 3.63) is 23.7 Å². The summed E-state index contributed by atoms with van der Waals surface area (Å²) in [5.41, 5.74) is 6.89. The van der Waals surface area contributed by atoms with Crippen LogP contribution in [-0.2, 0) is 11.3 Å². The molecule has 1 rings (SSSR count). The van der Waals surface area contributed by atoms with Gasteiger partial charge in [0.05, 0.1) is 12.3 Å². The molecule has 2 N–H and O–H groups in total. The average Bonchev–Trinajstić information content (AvgIpc) is 2.70. The van der Waals surface area contributed by atoms with Crippen LogP contribution in [0.1, 0.15) is 37.5 Å². The number of furan rings is 1. The van der Waals surface area contributed by atoms with Crippen molar-refractivity contribution in [3.8, 4) is 0 Å². The smallest absolute Gasteiger partial charge is 0.239 e. The third-order valence-electron chi connectivity index (χ3n) is 2.94. The second kappa shape index (κ2) is 6.45. The molecule has 0 fully saturated rings. The van der Waals surface area contributed by atoms with E-state index in [2.05, 4.69) is 6.92 Å². The highest BCUT2D eigenvalue weighted by Crippen LogP contribution is 2.12. The minimum absolute atomic E-state index is 0.000880. The number of nitrogens with zero attached hydrogens (tertiary/aromatic N) is 1. The van der Waals surface area contributed by atoms with Gasteiger partial charge in [0.2, 0.25) is 5.91 Å². The number of rotatable bonds is 6. The zero-order chi connectivity index (χ0) is 12.8. The van der Waals surface area contributed by atoms with E-state index < -0.39 is 0 Å². The molecule has 1 atom stereocenters. The lowest BCUT2D eigenvalue weighted by atomic mass is 10.1. The molecule has 1 heterocycles. The Morgan fingerprint density at radius 3 is 2.82 bits per heavy atom. The molecule has 1 unspecified atom stereocenters. The summed E-state index contributed by atoms with van der Waals surface area (Å²) in [5.74, 6) is 0.853. The van der Waals surface area contributed by atoms with Crippen LogP contribution in [0, 0.1) is 6.92 Å². The summed E-state index contributed by atoms with van der Waals surface area (Å²) in [4.78, 5) is 13.6. The largest absolute Gasteiger partial charge is 0.469 e. The summed E-state index contributed by atoms with van der Waals surface area (Å²) < 4.78 is 5.20. The van der Waals surface area contributed by atoms with E-state index in [1.165, 1.54) is 0 Å². The molecule has 1 amide bonds. The van der Waals surface area contributed by atoms with Crippen molar-refractivity contribution in [2.24, 2.45) is 5.73 Å². The summed E-state index contributed by atoms with van der Waals surface area (Å²) in [5, 5.41) is 0. The number of amides is 1. The molecule has 0 aromatic carbocycles. The number of hydrogen-bond donors (Lipinski definition) is 1. The first-order valence-corrected chi connectivity index (χ1v) is 6.09. The maximum absolute atomic E-state index is 12.0. The minimum atomic E-state index is -0.382. The van der Waals surface area contributed by atoms with E-state index >= 15 is 0 Å². The second-order valence-electron chi connectivity index (χ2n) is 4.45. The highest BCUT2D eigenvalue weighted by molar-refractivity contribution is 5.81. The maximum atomic E-state index is 12.0. The van der Waals surface area contributed by atoms with Crippen molar-refractivity contribution in [3.63, 3.8) is 0 Å². The molecule has 0 aliphatic heterocycles. The first kappa shape index (κ1) is 13.8. The zero-order valence-electron chi connectivity index (χ0n) is 10.9. The number of nitrogens with two attached hydrogens (primary N) is 1. The normalized spacial score (nSPS) is 12.5. The number of aryl methyl sites for hydroxylation is 1. The van der Waals surface area contributed by atoms with E-state index in [4.69, 9.17) is 10.2 Å². The molecule has 1 aromatic rings. The van der Waals surface area contributed by atoms with E-state index in [0.717, 1.165) is 30.6 Å². The summed E-state index contributed by atoms with van der Waals surface area (Å²) in [6, 6.07) is 1.50. The van der Waals surface area contributed by atoms with Crippen molar-refractivity contribution >= 4 is 5.91 Å². The SMILES string of the molecule is CCCCC(N)C(=O)N(C)Cc1ccoc1C. The van der Waals surface area contributed by atoms with Gasteiger partial charge in [0.1, 0.15) is 5.76 Å². The van der Waals surface area contributed by atoms with Crippen LogP contribution in [0.4, 0.5) is 0 Å². The van der Waals surface area contributed by atoms with Crippen molar-refractivity contribution < 1.29 is 9.21 Å². The van der Waals surface area contributed by atoms with Crippen LogP contribution >= 0.6 is 0 Å². The molecule has 0 bridgehead atoms. The first-order valence-electron chi connectivity index (χ1n) is 6.09. The van der Waals surface area contributed by atoms with Crippen molar-refractivity contribution in [1.29, 1.82) is 0 Å². The Morgan fingerprint density at radius 1 is 1.59 bits per heavy atom. The van der Waals surface area contributed by atoms with Gasteiger partial charge in [-0.3, -0.25) is 4.79 Å². The Balaban J connectivity index is 2.49. The van der Waals surface area contributed by atoms with Crippen LogP contribution in [0.25, 0.3) is 0 Å². The lowest BCUT2D eigenvalue weighted by Crippen LogP contribution is -2.41. The first-order chi connectivity index (χ1) is 8.06. The number of carbonyl (C=O) groups is 1. The molecule has 0 saturated carbocycles. The van der Waals surface area contributed by atoms with Gasteiger partial charge in [-0.2, -0.15) is 0 Å². The van der Waals surface area contributed by atoms with E-state index in [1.54, 1.807) is 18.2 Å². The summed E-state index contributed by atoms with van der Waals surface area (Å²) in [6.45, 7) is 4.54. The van der Waals surface area contributed by atoms with E-state index in [1.807, 2.05) is 13.0 Å². The number of unbranched alkanes of at least 4 members (excludes halogenated alkanes) is 1. The quantitative estimate of drug-likeness (QED) is 0.825. The molecule has 4 heteroatoms. The van der Waals surface area contributed by atoms with Crippen molar-refractivity contribution in [2.75, 3.05) is 7.05 Å². The van der Waals surface area contributed by atoms with Gasteiger partial charge in [-0.15, -0.1) is 0 Å². The van der Waals surface area contributed by atoms with Crippen LogP contribution < -0.4 is 5.73 Å². The van der Waals surface area contributed by atoms with E-state index in [9.17, 15) is 4.79 Å². The van der Waals surface area contributed by atoms with Gasteiger partial charge in [0.15, 0.2) is 0 Å². The Kier molecular flexibility index (Phi) is 5.22. The molecule has 0 aliphatic carbocycles. The predicted octanol–water partition coefficient (Wildman–Crippen LogP) is 2.06. The summed E-state index contributed by atoms with van der Waals surface area (Å²) in [6.07, 6.45) is 4.45. The third-order valence-corrected chi connectivity index (χ3v) is 2.94. The molecule has 0 spiro atoms. The molecule has 0 aliphatic rings. The molecular formula is C13H22N2O2. The number of hydrogen-bond acceptors (Lipinski definition) is 3. The fourth-order valence-electron chi connectivity index (χ4n) is 1.74. The Labute approximate surface area is 103 Å². The van der Waals surface area contributed by atoms with Crippen LogP contribution in [0.2, 0.25) is 0 Å². The van der Waals surface area contributed by atoms with Gasteiger partial charge in [0, 0.05) is 19.2 Å². The van der Waals surface area contributed by atoms with Crippen molar-refractivity contribution in [2.45, 2.75) is 45.7 Å². The van der Waals surface area contributed by atoms with E-state index in [-0.39, 0.29) is 11.9 Å². The summed E-state index contributed by atoms with van der Waals surface area (Å²) >= 11 is 0. The fourth-order valence-corrected chi connectivity index (χ4v) is 1.74. The van der Waals surface area contributed by atoms with Gasteiger partial charge in [0.25, 0.3) is 0 Å². The van der Waals surface area contributed by atoms with Crippen molar-refractivity contribution in [1.82, 2.24) is 4.90 Å². The van der Waals surface area contributed by atoms with Gasteiger partial charge in [-0.1, -0.05) is 19.8 Å². The molecule has 0 saturated heterocycles. The second-order valence-corrected chi connectivity index (χ2v) is 4.45. The van der Waals surface area contributed by atoms with Crippen LogP contribution in [-0.4, -0.2) is 23.9 Å². The van der Waals surface area contributed by atoms with Gasteiger partial charge in [-0.25, -0.2) is 0 Å². The predicted molar refractivity (Wildman–Crippen MR) is 67.4 cm³/mol. The average molecular weight is 238 g/mol. The van der Waals surface area contributed by atoms with Crippen LogP contribution in [0.3, 0.4) is 0 Å². The Bertz CT molecular complexity index is 360. The minimum Gasteiger partial charge on any atom is -0.469 e. The Morgan fingerprint density at radius 2 is 2.29 bits per heavy atom. The van der Waals surface area contributed by atoms with Gasteiger partial charge in [-0.05, 0) is 19.4 Å². The monoisotopic (exact) mass is 238 g/mol. The van der Waals surface area contributed by atoms with E-state index in [0.29, 0.717) is 6.54 Å². The third kappa shape index (κ3) is 3.89. The molecule has 1 aromatic heterocycles. The zero-order valence-corrected chi connectivity index (χ0v) is 10.9. The molecule has 96 valence electrons. The number of carbonyl (C=O) groups excluding carboxylic acids is 1. The number of likely N-dealkylation sites (N-methyl/N-ethyl adjacent to an activating group) is 1. The standard InChI is InChI=1S/C13H22N2O2/c1-4-5-6-12(14)13(16)15(3)9-11-7-8-17-10(11)2/h7-8,12H,4-6,9,14H2,1-3H3. The summed E-state index contributed by atoms with van der Waals surface area (Å²) in [7, 11) is 1.78. The van der Waals surface area contributed by atoms with Crippen LogP contribution in [0.15, 0.2) is 16.7 Å². The maximum Gasteiger partial charge on any atom is 0.239 e.